The predicted octanol–water partition coefficient (Wildman–Crippen LogP) is 3.70. The van der Waals surface area contributed by atoms with E-state index >= 15 is 0 Å². The third kappa shape index (κ3) is 6.62. The molecule has 4 rings (SSSR count). The van der Waals surface area contributed by atoms with Crippen LogP contribution in [0.5, 0.6) is 5.75 Å². The van der Waals surface area contributed by atoms with Crippen molar-refractivity contribution in [2.75, 3.05) is 24.2 Å². The Morgan fingerprint density at radius 1 is 0.946 bits per heavy atom. The van der Waals surface area contributed by atoms with Gasteiger partial charge in [-0.1, -0.05) is 36.4 Å². The van der Waals surface area contributed by atoms with E-state index in [4.69, 9.17) is 15.7 Å². The quantitative estimate of drug-likeness (QED) is 0.108. The lowest BCUT2D eigenvalue weighted by Gasteiger charge is -2.12. The lowest BCUT2D eigenvalue weighted by atomic mass is 10.00. The van der Waals surface area contributed by atoms with Gasteiger partial charge in [0.1, 0.15) is 5.75 Å². The van der Waals surface area contributed by atoms with Crippen LogP contribution in [0.25, 0.3) is 33.3 Å². The molecule has 0 fully saturated rings. The third-order valence-corrected chi connectivity index (χ3v) is 6.28. The molecule has 0 aliphatic rings. The average Bonchev–Trinajstić information content (AvgIpc) is 2.89. The Balaban J connectivity index is 1.61. The number of sulfonamides is 1. The number of hydrogen-bond donors (Lipinski definition) is 4. The Bertz CT molecular complexity index is 1500. The van der Waals surface area contributed by atoms with E-state index in [1.165, 1.54) is 0 Å². The minimum atomic E-state index is -3.48. The fraction of sp³-hybridized carbons (Fsp3) is 0.185. The van der Waals surface area contributed by atoms with Gasteiger partial charge in [0.25, 0.3) is 5.91 Å². The van der Waals surface area contributed by atoms with Crippen LogP contribution in [0.3, 0.4) is 0 Å². The molecule has 4 aromatic rings. The molecule has 0 atom stereocenters. The molecule has 0 spiro atoms. The standard InChI is InChI=1S/C27H28N4O5S/c1-37(34,35)31-21-10-13-25-23(16-21)24(27(33)30-28)17-26(29-25)20-6-4-18(5-7-20)19-8-11-22(12-9-19)36-15-3-2-14-32/h4-13,16-17,31-32H,2-3,14-15,28H2,1H3,(H,30,33). The number of nitrogens with one attached hydrogen (secondary N) is 2. The number of benzene rings is 3. The number of fused-ring (bicyclic) bond motifs is 1. The van der Waals surface area contributed by atoms with Crippen molar-refractivity contribution < 1.29 is 23.1 Å². The molecular formula is C27H28N4O5S. The van der Waals surface area contributed by atoms with E-state index < -0.39 is 15.9 Å². The normalized spacial score (nSPS) is 11.3. The smallest absolute Gasteiger partial charge is 0.265 e. The van der Waals surface area contributed by atoms with Crippen LogP contribution in [0.2, 0.25) is 0 Å². The number of nitrogens with two attached hydrogens (primary N) is 1. The van der Waals surface area contributed by atoms with Gasteiger partial charge in [-0.3, -0.25) is 14.9 Å². The van der Waals surface area contributed by atoms with Crippen molar-refractivity contribution >= 4 is 32.5 Å². The molecular weight excluding hydrogens is 492 g/mol. The second-order valence-corrected chi connectivity index (χ2v) is 10.3. The number of ether oxygens (including phenoxy) is 1. The average molecular weight is 521 g/mol. The maximum atomic E-state index is 12.5. The van der Waals surface area contributed by atoms with Crippen molar-refractivity contribution in [1.29, 1.82) is 0 Å². The zero-order chi connectivity index (χ0) is 26.4. The van der Waals surface area contributed by atoms with Crippen LogP contribution < -0.4 is 20.7 Å². The highest BCUT2D eigenvalue weighted by Gasteiger charge is 2.15. The summed E-state index contributed by atoms with van der Waals surface area (Å²) in [5.74, 6) is 5.67. The summed E-state index contributed by atoms with van der Waals surface area (Å²) >= 11 is 0. The largest absolute Gasteiger partial charge is 0.494 e. The Hall–Kier alpha value is -3.99. The van der Waals surface area contributed by atoms with Crippen molar-refractivity contribution in [3.8, 4) is 28.1 Å². The molecule has 1 aromatic heterocycles. The summed E-state index contributed by atoms with van der Waals surface area (Å²) in [6.07, 6.45) is 2.57. The number of hydrazine groups is 1. The van der Waals surface area contributed by atoms with E-state index in [0.717, 1.165) is 41.5 Å². The molecule has 192 valence electrons. The van der Waals surface area contributed by atoms with Gasteiger partial charge in [0.2, 0.25) is 10.0 Å². The Morgan fingerprint density at radius 3 is 2.22 bits per heavy atom. The second kappa shape index (κ2) is 11.4. The van der Waals surface area contributed by atoms with E-state index in [9.17, 15) is 13.2 Å². The number of anilines is 1. The molecule has 1 amide bonds. The highest BCUT2D eigenvalue weighted by Crippen LogP contribution is 2.29. The van der Waals surface area contributed by atoms with Gasteiger partial charge in [-0.05, 0) is 60.4 Å². The van der Waals surface area contributed by atoms with Gasteiger partial charge in [0, 0.05) is 23.2 Å². The van der Waals surface area contributed by atoms with Crippen LogP contribution in [0.1, 0.15) is 23.2 Å². The highest BCUT2D eigenvalue weighted by molar-refractivity contribution is 7.92. The Labute approximate surface area is 215 Å². The molecule has 37 heavy (non-hydrogen) atoms. The topological polar surface area (TPSA) is 144 Å². The number of aromatic nitrogens is 1. The Morgan fingerprint density at radius 2 is 1.59 bits per heavy atom. The number of pyridine rings is 1. The van der Waals surface area contributed by atoms with Crippen molar-refractivity contribution in [3.63, 3.8) is 0 Å². The number of carbonyl (C=O) groups excluding carboxylic acids is 1. The number of carbonyl (C=O) groups is 1. The van der Waals surface area contributed by atoms with Crippen LogP contribution in [0.4, 0.5) is 5.69 Å². The highest BCUT2D eigenvalue weighted by atomic mass is 32.2. The van der Waals surface area contributed by atoms with E-state index in [1.807, 2.05) is 48.5 Å². The van der Waals surface area contributed by atoms with Gasteiger partial charge in [0.15, 0.2) is 0 Å². The van der Waals surface area contributed by atoms with Crippen molar-refractivity contribution in [1.82, 2.24) is 10.4 Å². The fourth-order valence-electron chi connectivity index (χ4n) is 3.90. The lowest BCUT2D eigenvalue weighted by molar-refractivity contribution is 0.0955. The summed E-state index contributed by atoms with van der Waals surface area (Å²) in [7, 11) is -3.48. The van der Waals surface area contributed by atoms with Gasteiger partial charge in [-0.25, -0.2) is 19.2 Å². The molecule has 1 heterocycles. The molecule has 0 radical (unpaired) electrons. The molecule has 0 bridgehead atoms. The SMILES string of the molecule is CS(=O)(=O)Nc1ccc2nc(-c3ccc(-c4ccc(OCCCCO)cc4)cc3)cc(C(=O)NN)c2c1. The number of aliphatic hydroxyl groups excluding tert-OH is 1. The minimum absolute atomic E-state index is 0.165. The molecule has 0 aliphatic carbocycles. The first-order chi connectivity index (χ1) is 17.8. The number of nitrogens with zero attached hydrogens (tertiary/aromatic N) is 1. The molecule has 0 aliphatic heterocycles. The first-order valence-corrected chi connectivity index (χ1v) is 13.5. The van der Waals surface area contributed by atoms with E-state index in [0.29, 0.717) is 28.9 Å². The van der Waals surface area contributed by atoms with Crippen LogP contribution in [-0.4, -0.2) is 43.9 Å². The van der Waals surface area contributed by atoms with E-state index in [-0.39, 0.29) is 12.2 Å². The van der Waals surface area contributed by atoms with Gasteiger partial charge in [-0.15, -0.1) is 0 Å². The molecule has 0 saturated heterocycles. The van der Waals surface area contributed by atoms with Gasteiger partial charge in [0.05, 0.1) is 29.6 Å². The summed E-state index contributed by atoms with van der Waals surface area (Å²) in [5, 5.41) is 9.32. The zero-order valence-corrected chi connectivity index (χ0v) is 21.1. The lowest BCUT2D eigenvalue weighted by Crippen LogP contribution is -2.30. The Kier molecular flexibility index (Phi) is 8.02. The first kappa shape index (κ1) is 26.1. The molecule has 3 aromatic carbocycles. The summed E-state index contributed by atoms with van der Waals surface area (Å²) in [6.45, 7) is 0.728. The molecule has 5 N–H and O–H groups in total. The van der Waals surface area contributed by atoms with Crippen molar-refractivity contribution in [2.45, 2.75) is 12.8 Å². The first-order valence-electron chi connectivity index (χ1n) is 11.7. The summed E-state index contributed by atoms with van der Waals surface area (Å²) in [4.78, 5) is 17.2. The number of amides is 1. The van der Waals surface area contributed by atoms with E-state index in [1.54, 1.807) is 24.3 Å². The summed E-state index contributed by atoms with van der Waals surface area (Å²) in [5.41, 5.74) is 6.68. The van der Waals surface area contributed by atoms with Gasteiger partial charge in [-0.2, -0.15) is 0 Å². The minimum Gasteiger partial charge on any atom is -0.494 e. The van der Waals surface area contributed by atoms with Crippen molar-refractivity contribution in [2.24, 2.45) is 5.84 Å². The van der Waals surface area contributed by atoms with Crippen LogP contribution in [-0.2, 0) is 10.0 Å². The second-order valence-electron chi connectivity index (χ2n) is 8.52. The van der Waals surface area contributed by atoms with E-state index in [2.05, 4.69) is 15.1 Å². The number of nitrogen functional groups attached to an aromatic ring is 1. The molecule has 0 unspecified atom stereocenters. The summed E-state index contributed by atoms with van der Waals surface area (Å²) in [6, 6.07) is 22.0. The maximum absolute atomic E-state index is 12.5. The maximum Gasteiger partial charge on any atom is 0.265 e. The zero-order valence-electron chi connectivity index (χ0n) is 20.3. The van der Waals surface area contributed by atoms with Crippen molar-refractivity contribution in [3.05, 3.63) is 78.4 Å². The molecule has 9 nitrogen and oxygen atoms in total. The summed E-state index contributed by atoms with van der Waals surface area (Å²) < 4.78 is 31.3. The number of unbranched alkanes of at least 4 members (excludes halogenated alkanes) is 1. The number of aliphatic hydroxyl groups is 1. The fourth-order valence-corrected chi connectivity index (χ4v) is 4.45. The molecule has 0 saturated carbocycles. The van der Waals surface area contributed by atoms with Crippen LogP contribution in [0.15, 0.2) is 72.8 Å². The number of rotatable bonds is 10. The van der Waals surface area contributed by atoms with Gasteiger partial charge < -0.3 is 9.84 Å². The molecule has 10 heteroatoms. The van der Waals surface area contributed by atoms with Gasteiger partial charge >= 0.3 is 0 Å². The number of hydrogen-bond acceptors (Lipinski definition) is 7. The monoisotopic (exact) mass is 520 g/mol. The predicted molar refractivity (Wildman–Crippen MR) is 145 cm³/mol. The van der Waals surface area contributed by atoms with Crippen LogP contribution >= 0.6 is 0 Å². The van der Waals surface area contributed by atoms with Crippen LogP contribution in [0, 0.1) is 0 Å². The third-order valence-electron chi connectivity index (χ3n) is 5.68.